The highest BCUT2D eigenvalue weighted by molar-refractivity contribution is 7.80. The monoisotopic (exact) mass is 384 g/mol. The van der Waals surface area contributed by atoms with E-state index in [0.717, 1.165) is 0 Å². The topological polar surface area (TPSA) is 78.7 Å². The fourth-order valence-electron chi connectivity index (χ4n) is 2.42. The molecule has 1 aromatic rings. The molecule has 7 nitrogen and oxygen atoms in total. The largest absolute Gasteiger partial charge is 0.362 e. The molecule has 0 aliphatic carbocycles. The Morgan fingerprint density at radius 3 is 2.40 bits per heavy atom. The smallest absolute Gasteiger partial charge is 0.294 e. The molecule has 136 valence electrons. The normalized spacial score (nSPS) is 15.0. The first kappa shape index (κ1) is 19.4. The van der Waals surface area contributed by atoms with Crippen molar-refractivity contribution in [3.63, 3.8) is 0 Å². The maximum absolute atomic E-state index is 12.0. The third-order valence-corrected chi connectivity index (χ3v) is 4.54. The number of piperazine rings is 1. The number of rotatable bonds is 2. The van der Waals surface area contributed by atoms with Gasteiger partial charge in [-0.2, -0.15) is 0 Å². The van der Waals surface area contributed by atoms with Crippen molar-refractivity contribution in [2.45, 2.75) is 20.8 Å². The molecule has 2 rings (SSSR count). The van der Waals surface area contributed by atoms with Crippen molar-refractivity contribution in [2.75, 3.05) is 31.1 Å². The number of nitro benzene ring substituents is 1. The quantitative estimate of drug-likeness (QED) is 0.480. The number of hydrogen-bond acceptors (Lipinski definition) is 5. The zero-order valence-corrected chi connectivity index (χ0v) is 16.0. The highest BCUT2D eigenvalue weighted by Gasteiger charge is 2.27. The van der Waals surface area contributed by atoms with Crippen molar-refractivity contribution in [3.8, 4) is 0 Å². The molecule has 9 heteroatoms. The van der Waals surface area contributed by atoms with Crippen LogP contribution >= 0.6 is 23.8 Å². The van der Waals surface area contributed by atoms with Crippen molar-refractivity contribution >= 4 is 46.2 Å². The van der Waals surface area contributed by atoms with E-state index >= 15 is 0 Å². The van der Waals surface area contributed by atoms with Crippen LogP contribution in [0.15, 0.2) is 18.2 Å². The Labute approximate surface area is 157 Å². The van der Waals surface area contributed by atoms with Crippen LogP contribution in [-0.4, -0.2) is 47.0 Å². The summed E-state index contributed by atoms with van der Waals surface area (Å²) in [5, 5.41) is 14.7. The summed E-state index contributed by atoms with van der Waals surface area (Å²) < 4.78 is 0. The standard InChI is InChI=1S/C16H21ClN4O3S/c1-16(2,3)14(22)18-15(25)20-8-6-19(7-9-20)12-5-4-11(17)10-13(12)21(23)24/h4-5,10H,6-9H2,1-3H3,(H,18,22,25). The minimum atomic E-state index is -0.518. The molecule has 0 bridgehead atoms. The summed E-state index contributed by atoms with van der Waals surface area (Å²) in [5.41, 5.74) is 0.0127. The molecule has 0 aromatic heterocycles. The Kier molecular flexibility index (Phi) is 5.84. The minimum Gasteiger partial charge on any atom is -0.362 e. The van der Waals surface area contributed by atoms with Crippen molar-refractivity contribution < 1.29 is 9.72 Å². The second kappa shape index (κ2) is 7.53. The van der Waals surface area contributed by atoms with Gasteiger partial charge in [0.25, 0.3) is 5.69 Å². The van der Waals surface area contributed by atoms with Crippen LogP contribution in [0.1, 0.15) is 20.8 Å². The van der Waals surface area contributed by atoms with E-state index in [4.69, 9.17) is 23.8 Å². The summed E-state index contributed by atoms with van der Waals surface area (Å²) in [6.45, 7) is 7.74. The van der Waals surface area contributed by atoms with Crippen LogP contribution in [0, 0.1) is 15.5 Å². The van der Waals surface area contributed by atoms with Crippen molar-refractivity contribution in [2.24, 2.45) is 5.41 Å². The van der Waals surface area contributed by atoms with E-state index in [1.807, 2.05) is 30.6 Å². The van der Waals surface area contributed by atoms with Gasteiger partial charge in [0.1, 0.15) is 5.69 Å². The number of carbonyl (C=O) groups is 1. The molecule has 1 saturated heterocycles. The van der Waals surface area contributed by atoms with E-state index in [1.165, 1.54) is 6.07 Å². The molecule has 1 amide bonds. The van der Waals surface area contributed by atoms with E-state index < -0.39 is 10.3 Å². The number of benzene rings is 1. The third kappa shape index (κ3) is 4.79. The Balaban J connectivity index is 2.02. The molecule has 1 N–H and O–H groups in total. The Morgan fingerprint density at radius 1 is 1.28 bits per heavy atom. The van der Waals surface area contributed by atoms with Gasteiger partial charge in [-0.3, -0.25) is 14.9 Å². The predicted molar refractivity (Wildman–Crippen MR) is 102 cm³/mol. The number of anilines is 1. The molecule has 1 aliphatic heterocycles. The van der Waals surface area contributed by atoms with Gasteiger partial charge in [0.05, 0.1) is 4.92 Å². The van der Waals surface area contributed by atoms with E-state index in [9.17, 15) is 14.9 Å². The first-order valence-corrected chi connectivity index (χ1v) is 8.67. The summed E-state index contributed by atoms with van der Waals surface area (Å²) in [7, 11) is 0. The van der Waals surface area contributed by atoms with Crippen LogP contribution in [0.25, 0.3) is 0 Å². The SMILES string of the molecule is CC(C)(C)C(=O)NC(=S)N1CCN(c2ccc(Cl)cc2[N+](=O)[O-])CC1. The lowest BCUT2D eigenvalue weighted by molar-refractivity contribution is -0.384. The molecule has 0 saturated carbocycles. The molecule has 0 atom stereocenters. The van der Waals surface area contributed by atoms with Gasteiger partial charge in [-0.25, -0.2) is 0 Å². The summed E-state index contributed by atoms with van der Waals surface area (Å²) in [4.78, 5) is 26.7. The molecular formula is C16H21ClN4O3S. The summed E-state index contributed by atoms with van der Waals surface area (Å²) >= 11 is 11.2. The van der Waals surface area contributed by atoms with E-state index in [1.54, 1.807) is 12.1 Å². The Bertz CT molecular complexity index is 697. The van der Waals surface area contributed by atoms with E-state index in [0.29, 0.717) is 42.0 Å². The van der Waals surface area contributed by atoms with Crippen LogP contribution in [-0.2, 0) is 4.79 Å². The molecule has 0 unspecified atom stereocenters. The van der Waals surface area contributed by atoms with Crippen LogP contribution in [0.3, 0.4) is 0 Å². The molecule has 1 heterocycles. The number of nitrogens with zero attached hydrogens (tertiary/aromatic N) is 3. The highest BCUT2D eigenvalue weighted by Crippen LogP contribution is 2.31. The lowest BCUT2D eigenvalue weighted by Crippen LogP contribution is -2.54. The van der Waals surface area contributed by atoms with Crippen LogP contribution < -0.4 is 10.2 Å². The minimum absolute atomic E-state index is 0.00966. The first-order chi connectivity index (χ1) is 11.6. The number of nitro groups is 1. The summed E-state index contributed by atoms with van der Waals surface area (Å²) in [6.07, 6.45) is 0. The van der Waals surface area contributed by atoms with Crippen LogP contribution in [0.2, 0.25) is 5.02 Å². The second-order valence-corrected chi connectivity index (χ2v) is 7.70. The molecule has 0 radical (unpaired) electrons. The van der Waals surface area contributed by atoms with Gasteiger partial charge in [-0.1, -0.05) is 32.4 Å². The zero-order valence-electron chi connectivity index (χ0n) is 14.4. The number of nitrogens with one attached hydrogen (secondary N) is 1. The van der Waals surface area contributed by atoms with Crippen molar-refractivity contribution in [3.05, 3.63) is 33.3 Å². The van der Waals surface area contributed by atoms with Gasteiger partial charge in [0.2, 0.25) is 5.91 Å². The molecular weight excluding hydrogens is 364 g/mol. The number of amides is 1. The fraction of sp³-hybridized carbons (Fsp3) is 0.500. The van der Waals surface area contributed by atoms with E-state index in [2.05, 4.69) is 5.32 Å². The lowest BCUT2D eigenvalue weighted by Gasteiger charge is -2.37. The highest BCUT2D eigenvalue weighted by atomic mass is 35.5. The Hall–Kier alpha value is -1.93. The zero-order chi connectivity index (χ0) is 18.8. The molecule has 1 aliphatic rings. The number of hydrogen-bond donors (Lipinski definition) is 1. The van der Waals surface area contributed by atoms with Crippen molar-refractivity contribution in [1.82, 2.24) is 10.2 Å². The fourth-order valence-corrected chi connectivity index (χ4v) is 2.87. The Morgan fingerprint density at radius 2 is 1.88 bits per heavy atom. The molecule has 0 spiro atoms. The molecule has 25 heavy (non-hydrogen) atoms. The van der Waals surface area contributed by atoms with Gasteiger partial charge in [0.15, 0.2) is 5.11 Å². The van der Waals surface area contributed by atoms with Crippen LogP contribution in [0.4, 0.5) is 11.4 Å². The van der Waals surface area contributed by atoms with Gasteiger partial charge in [0, 0.05) is 42.7 Å². The van der Waals surface area contributed by atoms with E-state index in [-0.39, 0.29) is 11.6 Å². The van der Waals surface area contributed by atoms with Crippen LogP contribution in [0.5, 0.6) is 0 Å². The van der Waals surface area contributed by atoms with Crippen molar-refractivity contribution in [1.29, 1.82) is 0 Å². The maximum atomic E-state index is 12.0. The maximum Gasteiger partial charge on any atom is 0.294 e. The van der Waals surface area contributed by atoms with Gasteiger partial charge in [-0.05, 0) is 24.4 Å². The lowest BCUT2D eigenvalue weighted by atomic mass is 9.96. The van der Waals surface area contributed by atoms with Gasteiger partial charge < -0.3 is 15.1 Å². The van der Waals surface area contributed by atoms with Gasteiger partial charge >= 0.3 is 0 Å². The molecule has 1 aromatic carbocycles. The average Bonchev–Trinajstić information content (AvgIpc) is 2.54. The number of carbonyl (C=O) groups excluding carboxylic acids is 1. The number of thiocarbonyl (C=S) groups is 1. The first-order valence-electron chi connectivity index (χ1n) is 7.89. The second-order valence-electron chi connectivity index (χ2n) is 6.87. The third-order valence-electron chi connectivity index (χ3n) is 3.94. The number of halogens is 1. The predicted octanol–water partition coefficient (Wildman–Crippen LogP) is 2.82. The average molecular weight is 385 g/mol. The summed E-state index contributed by atoms with van der Waals surface area (Å²) in [5.74, 6) is -0.131. The summed E-state index contributed by atoms with van der Waals surface area (Å²) in [6, 6.07) is 4.66. The van der Waals surface area contributed by atoms with Gasteiger partial charge in [-0.15, -0.1) is 0 Å². The molecule has 1 fully saturated rings.